The summed E-state index contributed by atoms with van der Waals surface area (Å²) < 4.78 is 45.3. The molecule has 162 valence electrons. The zero-order chi connectivity index (χ0) is 22.3. The van der Waals surface area contributed by atoms with Gasteiger partial charge in [0.25, 0.3) is 0 Å². The van der Waals surface area contributed by atoms with Gasteiger partial charge in [-0.2, -0.15) is 8.78 Å². The number of benzene rings is 2. The van der Waals surface area contributed by atoms with E-state index in [0.717, 1.165) is 29.5 Å². The average Bonchev–Trinajstić information content (AvgIpc) is 2.67. The number of halogens is 3. The molecule has 0 heterocycles. The number of rotatable bonds is 6. The maximum atomic E-state index is 13.8. The standard InChI is InChI=1S/C24H27F3O3/c1-22(2)9-10-23(3,4)19-13-20(30-24(26,27)14-25)17(12-18(19)22)11-15-5-7-16(8-6-15)21(28)29/h5-8,12-13H,9-11,14H2,1-4H3,(H,28,29). The molecule has 0 aliphatic heterocycles. The fourth-order valence-corrected chi connectivity index (χ4v) is 4.05. The molecule has 30 heavy (non-hydrogen) atoms. The summed E-state index contributed by atoms with van der Waals surface area (Å²) in [7, 11) is 0. The maximum absolute atomic E-state index is 13.8. The van der Waals surface area contributed by atoms with E-state index < -0.39 is 18.8 Å². The second-order valence-electron chi connectivity index (χ2n) is 9.33. The van der Waals surface area contributed by atoms with Gasteiger partial charge in [0.1, 0.15) is 5.75 Å². The Bertz CT molecular complexity index is 947. The smallest absolute Gasteiger partial charge is 0.427 e. The van der Waals surface area contributed by atoms with Crippen LogP contribution >= 0.6 is 0 Å². The van der Waals surface area contributed by atoms with Gasteiger partial charge >= 0.3 is 12.1 Å². The van der Waals surface area contributed by atoms with E-state index in [0.29, 0.717) is 5.56 Å². The molecule has 2 aromatic carbocycles. The third-order valence-corrected chi connectivity index (χ3v) is 6.04. The Morgan fingerprint density at radius 2 is 1.57 bits per heavy atom. The minimum atomic E-state index is -3.91. The Labute approximate surface area is 174 Å². The summed E-state index contributed by atoms with van der Waals surface area (Å²) in [5.74, 6) is -1.07. The Morgan fingerprint density at radius 3 is 2.07 bits per heavy atom. The summed E-state index contributed by atoms with van der Waals surface area (Å²) in [5.41, 5.74) is 3.09. The molecular weight excluding hydrogens is 393 g/mol. The van der Waals surface area contributed by atoms with E-state index in [1.807, 2.05) is 6.07 Å². The predicted molar refractivity (Wildman–Crippen MR) is 109 cm³/mol. The topological polar surface area (TPSA) is 46.5 Å². The third-order valence-electron chi connectivity index (χ3n) is 6.04. The van der Waals surface area contributed by atoms with Crippen LogP contribution in [0.1, 0.15) is 73.1 Å². The van der Waals surface area contributed by atoms with Gasteiger partial charge < -0.3 is 9.84 Å². The summed E-state index contributed by atoms with van der Waals surface area (Å²) in [5, 5.41) is 9.06. The first-order valence-corrected chi connectivity index (χ1v) is 9.98. The monoisotopic (exact) mass is 420 g/mol. The summed E-state index contributed by atoms with van der Waals surface area (Å²) >= 11 is 0. The number of carboxylic acid groups (broad SMARTS) is 1. The van der Waals surface area contributed by atoms with Gasteiger partial charge in [0, 0.05) is 6.42 Å². The van der Waals surface area contributed by atoms with Crippen LogP contribution in [0.15, 0.2) is 36.4 Å². The van der Waals surface area contributed by atoms with Crippen LogP contribution in [0.5, 0.6) is 5.75 Å². The van der Waals surface area contributed by atoms with Crippen molar-refractivity contribution in [3.63, 3.8) is 0 Å². The summed E-state index contributed by atoms with van der Waals surface area (Å²) in [6.45, 7) is 6.49. The van der Waals surface area contributed by atoms with Gasteiger partial charge in [-0.25, -0.2) is 9.18 Å². The first-order valence-electron chi connectivity index (χ1n) is 9.98. The third kappa shape index (κ3) is 4.47. The molecule has 3 nitrogen and oxygen atoms in total. The van der Waals surface area contributed by atoms with Crippen LogP contribution in [0.25, 0.3) is 0 Å². The lowest BCUT2D eigenvalue weighted by molar-refractivity contribution is -0.186. The van der Waals surface area contributed by atoms with Crippen LogP contribution in [0.3, 0.4) is 0 Å². The Balaban J connectivity index is 2.10. The van der Waals surface area contributed by atoms with Gasteiger partial charge in [0.2, 0.25) is 0 Å². The largest absolute Gasteiger partial charge is 0.478 e. The Morgan fingerprint density at radius 1 is 1.03 bits per heavy atom. The van der Waals surface area contributed by atoms with Crippen molar-refractivity contribution in [1.82, 2.24) is 0 Å². The summed E-state index contributed by atoms with van der Waals surface area (Å²) in [4.78, 5) is 11.1. The molecule has 0 atom stereocenters. The van der Waals surface area contributed by atoms with Crippen LogP contribution in [-0.4, -0.2) is 23.9 Å². The highest BCUT2D eigenvalue weighted by Gasteiger charge is 2.39. The molecule has 0 amide bonds. The van der Waals surface area contributed by atoms with Crippen molar-refractivity contribution in [3.05, 3.63) is 64.2 Å². The molecule has 1 aliphatic rings. The van der Waals surface area contributed by atoms with Crippen molar-refractivity contribution < 1.29 is 27.8 Å². The van der Waals surface area contributed by atoms with Crippen molar-refractivity contribution in [2.45, 2.75) is 63.9 Å². The molecule has 2 aromatic rings. The summed E-state index contributed by atoms with van der Waals surface area (Å²) in [6, 6.07) is 9.77. The van der Waals surface area contributed by atoms with Crippen LogP contribution in [-0.2, 0) is 17.3 Å². The number of alkyl halides is 3. The molecule has 0 radical (unpaired) electrons. The molecule has 3 rings (SSSR count). The average molecular weight is 420 g/mol. The molecule has 6 heteroatoms. The number of hydrogen-bond acceptors (Lipinski definition) is 2. The molecule has 0 aromatic heterocycles. The van der Waals surface area contributed by atoms with Crippen molar-refractivity contribution in [2.24, 2.45) is 0 Å². The number of ether oxygens (including phenoxy) is 1. The minimum absolute atomic E-state index is 0.0375. The van der Waals surface area contributed by atoms with E-state index in [2.05, 4.69) is 27.7 Å². The highest BCUT2D eigenvalue weighted by atomic mass is 19.3. The lowest BCUT2D eigenvalue weighted by atomic mass is 9.63. The highest BCUT2D eigenvalue weighted by Crippen LogP contribution is 2.48. The Hall–Kier alpha value is -2.50. The lowest BCUT2D eigenvalue weighted by Gasteiger charge is -2.42. The number of aromatic carboxylic acids is 1. The Kier molecular flexibility index (Phi) is 5.65. The fourth-order valence-electron chi connectivity index (χ4n) is 4.05. The minimum Gasteiger partial charge on any atom is -0.478 e. The molecule has 0 fully saturated rings. The van der Waals surface area contributed by atoms with E-state index in [-0.39, 0.29) is 28.6 Å². The molecule has 0 saturated carbocycles. The fraction of sp³-hybridized carbons (Fsp3) is 0.458. The van der Waals surface area contributed by atoms with Crippen LogP contribution in [0.4, 0.5) is 13.2 Å². The van der Waals surface area contributed by atoms with Gasteiger partial charge in [0.15, 0.2) is 6.67 Å². The number of fused-ring (bicyclic) bond motifs is 1. The summed E-state index contributed by atoms with van der Waals surface area (Å²) in [6.07, 6.45) is -1.78. The molecule has 0 unspecified atom stereocenters. The second-order valence-corrected chi connectivity index (χ2v) is 9.33. The van der Waals surface area contributed by atoms with Crippen LogP contribution in [0, 0.1) is 0 Å². The van der Waals surface area contributed by atoms with Crippen molar-refractivity contribution in [3.8, 4) is 5.75 Å². The number of carbonyl (C=O) groups is 1. The zero-order valence-electron chi connectivity index (χ0n) is 17.7. The van der Waals surface area contributed by atoms with Gasteiger partial charge in [-0.05, 0) is 64.1 Å². The predicted octanol–water partition coefficient (Wildman–Crippen LogP) is 6.27. The van der Waals surface area contributed by atoms with E-state index in [1.54, 1.807) is 18.2 Å². The highest BCUT2D eigenvalue weighted by molar-refractivity contribution is 5.87. The van der Waals surface area contributed by atoms with Crippen molar-refractivity contribution >= 4 is 5.97 Å². The normalized spacial score (nSPS) is 17.3. The number of hydrogen-bond donors (Lipinski definition) is 1. The van der Waals surface area contributed by atoms with E-state index in [1.165, 1.54) is 12.1 Å². The van der Waals surface area contributed by atoms with Gasteiger partial charge in [0.05, 0.1) is 5.56 Å². The second kappa shape index (κ2) is 7.64. The van der Waals surface area contributed by atoms with Crippen LogP contribution in [0.2, 0.25) is 0 Å². The van der Waals surface area contributed by atoms with Gasteiger partial charge in [-0.3, -0.25) is 0 Å². The first-order chi connectivity index (χ1) is 13.8. The lowest BCUT2D eigenvalue weighted by Crippen LogP contribution is -2.34. The zero-order valence-corrected chi connectivity index (χ0v) is 17.7. The maximum Gasteiger partial charge on any atom is 0.427 e. The number of carboxylic acids is 1. The molecule has 0 bridgehead atoms. The van der Waals surface area contributed by atoms with E-state index in [9.17, 15) is 18.0 Å². The molecule has 1 aliphatic carbocycles. The SMILES string of the molecule is CC1(C)CCC(C)(C)c2cc(OC(F)(F)CF)c(Cc3ccc(C(=O)O)cc3)cc21. The van der Waals surface area contributed by atoms with E-state index >= 15 is 0 Å². The molecule has 1 N–H and O–H groups in total. The van der Waals surface area contributed by atoms with Gasteiger partial charge in [-0.1, -0.05) is 45.9 Å². The quantitative estimate of drug-likeness (QED) is 0.599. The molecular formula is C24H27F3O3. The van der Waals surface area contributed by atoms with Gasteiger partial charge in [-0.15, -0.1) is 0 Å². The first kappa shape index (κ1) is 22.2. The molecule has 0 saturated heterocycles. The molecule has 0 spiro atoms. The van der Waals surface area contributed by atoms with Crippen molar-refractivity contribution in [1.29, 1.82) is 0 Å². The van der Waals surface area contributed by atoms with Crippen molar-refractivity contribution in [2.75, 3.05) is 6.67 Å². The van der Waals surface area contributed by atoms with Crippen LogP contribution < -0.4 is 4.74 Å². The van der Waals surface area contributed by atoms with E-state index in [4.69, 9.17) is 9.84 Å².